The van der Waals surface area contributed by atoms with Gasteiger partial charge in [0.15, 0.2) is 0 Å². The van der Waals surface area contributed by atoms with Crippen molar-refractivity contribution in [3.8, 4) is 5.75 Å². The topological polar surface area (TPSA) is 123 Å². The van der Waals surface area contributed by atoms with E-state index < -0.39 is 16.7 Å². The molecular weight excluding hydrogens is 376 g/mol. The molecule has 29 heavy (non-hydrogen) atoms. The van der Waals surface area contributed by atoms with Crippen molar-refractivity contribution in [2.45, 2.75) is 32.9 Å². The van der Waals surface area contributed by atoms with E-state index in [2.05, 4.69) is 15.8 Å². The molecule has 152 valence electrons. The highest BCUT2D eigenvalue weighted by Gasteiger charge is 2.14. The van der Waals surface area contributed by atoms with E-state index in [0.29, 0.717) is 17.7 Å². The number of hydrazone groups is 1. The summed E-state index contributed by atoms with van der Waals surface area (Å²) in [5.41, 5.74) is 3.54. The standard InChI is InChI=1S/C20H22N4O5/c1-3-14(2)22-19(25)20(26)23-21-12-16-6-4-5-7-18(16)29-13-15-8-10-17(11-9-15)24(27)28/h4-12,14H,3,13H2,1-2H3,(H,22,25)(H,23,26)/b21-12-/t14-/m1/s1. The monoisotopic (exact) mass is 398 g/mol. The molecule has 2 N–H and O–H groups in total. The summed E-state index contributed by atoms with van der Waals surface area (Å²) in [6.45, 7) is 3.90. The first-order valence-electron chi connectivity index (χ1n) is 8.99. The zero-order chi connectivity index (χ0) is 21.2. The number of benzene rings is 2. The number of amides is 2. The molecule has 0 aromatic heterocycles. The maximum Gasteiger partial charge on any atom is 0.329 e. The summed E-state index contributed by atoms with van der Waals surface area (Å²) in [4.78, 5) is 33.7. The smallest absolute Gasteiger partial charge is 0.329 e. The Balaban J connectivity index is 1.95. The van der Waals surface area contributed by atoms with Crippen LogP contribution in [0.1, 0.15) is 31.4 Å². The Morgan fingerprint density at radius 1 is 1.17 bits per heavy atom. The van der Waals surface area contributed by atoms with E-state index in [1.807, 2.05) is 6.92 Å². The lowest BCUT2D eigenvalue weighted by atomic mass is 10.2. The van der Waals surface area contributed by atoms with Crippen LogP contribution in [0.15, 0.2) is 53.6 Å². The van der Waals surface area contributed by atoms with Crippen molar-refractivity contribution in [2.75, 3.05) is 0 Å². The Kier molecular flexibility index (Phi) is 7.84. The van der Waals surface area contributed by atoms with Gasteiger partial charge in [0.25, 0.3) is 5.69 Å². The number of para-hydroxylation sites is 1. The maximum atomic E-state index is 11.7. The predicted octanol–water partition coefficient (Wildman–Crippen LogP) is 2.54. The molecule has 0 saturated heterocycles. The number of nitrogens with zero attached hydrogens (tertiary/aromatic N) is 2. The Morgan fingerprint density at radius 2 is 1.86 bits per heavy atom. The van der Waals surface area contributed by atoms with Gasteiger partial charge in [0, 0.05) is 23.7 Å². The van der Waals surface area contributed by atoms with Gasteiger partial charge in [-0.25, -0.2) is 5.43 Å². The zero-order valence-electron chi connectivity index (χ0n) is 16.1. The summed E-state index contributed by atoms with van der Waals surface area (Å²) in [6, 6.07) is 13.0. The van der Waals surface area contributed by atoms with Gasteiger partial charge in [-0.05, 0) is 43.2 Å². The number of ether oxygens (including phenoxy) is 1. The first-order valence-corrected chi connectivity index (χ1v) is 8.99. The lowest BCUT2D eigenvalue weighted by molar-refractivity contribution is -0.384. The van der Waals surface area contributed by atoms with Gasteiger partial charge in [0.1, 0.15) is 12.4 Å². The number of carbonyl (C=O) groups excluding carboxylic acids is 2. The summed E-state index contributed by atoms with van der Waals surface area (Å²) >= 11 is 0. The molecule has 0 aliphatic heterocycles. The molecule has 0 bridgehead atoms. The van der Waals surface area contributed by atoms with Gasteiger partial charge in [-0.3, -0.25) is 19.7 Å². The van der Waals surface area contributed by atoms with E-state index in [9.17, 15) is 19.7 Å². The summed E-state index contributed by atoms with van der Waals surface area (Å²) in [5, 5.41) is 17.0. The van der Waals surface area contributed by atoms with Crippen LogP contribution in [0, 0.1) is 10.1 Å². The molecule has 0 fully saturated rings. The maximum absolute atomic E-state index is 11.7. The fourth-order valence-corrected chi connectivity index (χ4v) is 2.20. The number of rotatable bonds is 8. The van der Waals surface area contributed by atoms with Gasteiger partial charge >= 0.3 is 11.8 Å². The van der Waals surface area contributed by atoms with Crippen LogP contribution in [0.4, 0.5) is 5.69 Å². The highest BCUT2D eigenvalue weighted by Crippen LogP contribution is 2.19. The first-order chi connectivity index (χ1) is 13.9. The highest BCUT2D eigenvalue weighted by atomic mass is 16.6. The molecule has 0 aliphatic rings. The molecule has 0 spiro atoms. The molecule has 2 aromatic carbocycles. The van der Waals surface area contributed by atoms with Crippen molar-refractivity contribution in [3.63, 3.8) is 0 Å². The number of non-ortho nitro benzene ring substituents is 1. The van der Waals surface area contributed by atoms with E-state index in [0.717, 1.165) is 5.56 Å². The molecule has 0 saturated carbocycles. The van der Waals surface area contributed by atoms with Crippen LogP contribution < -0.4 is 15.5 Å². The summed E-state index contributed by atoms with van der Waals surface area (Å²) in [7, 11) is 0. The largest absolute Gasteiger partial charge is 0.488 e. The fourth-order valence-electron chi connectivity index (χ4n) is 2.20. The number of hydrogen-bond donors (Lipinski definition) is 2. The van der Waals surface area contributed by atoms with E-state index in [-0.39, 0.29) is 18.3 Å². The van der Waals surface area contributed by atoms with E-state index >= 15 is 0 Å². The third-order valence-electron chi connectivity index (χ3n) is 4.03. The van der Waals surface area contributed by atoms with Crippen molar-refractivity contribution >= 4 is 23.7 Å². The van der Waals surface area contributed by atoms with Gasteiger partial charge in [0.05, 0.1) is 11.1 Å². The van der Waals surface area contributed by atoms with Crippen LogP contribution in [-0.2, 0) is 16.2 Å². The quantitative estimate of drug-likeness (QED) is 0.306. The molecule has 2 rings (SSSR count). The third kappa shape index (κ3) is 6.73. The Hall–Kier alpha value is -3.75. The van der Waals surface area contributed by atoms with Gasteiger partial charge in [-0.15, -0.1) is 0 Å². The fraction of sp³-hybridized carbons (Fsp3) is 0.250. The molecule has 2 aromatic rings. The number of carbonyl (C=O) groups is 2. The van der Waals surface area contributed by atoms with Crippen molar-refractivity contribution < 1.29 is 19.2 Å². The average molecular weight is 398 g/mol. The SMILES string of the molecule is CC[C@@H](C)NC(=O)C(=O)N/N=C\c1ccccc1OCc1ccc([N+](=O)[O-])cc1. The van der Waals surface area contributed by atoms with E-state index in [4.69, 9.17) is 4.74 Å². The van der Waals surface area contributed by atoms with Crippen LogP contribution in [0.25, 0.3) is 0 Å². The van der Waals surface area contributed by atoms with E-state index in [1.165, 1.54) is 18.3 Å². The second-order valence-corrected chi connectivity index (χ2v) is 6.23. The summed E-state index contributed by atoms with van der Waals surface area (Å²) in [6.07, 6.45) is 2.08. The highest BCUT2D eigenvalue weighted by molar-refractivity contribution is 6.35. The number of nitro benzene ring substituents is 1. The molecule has 0 aliphatic carbocycles. The molecular formula is C20H22N4O5. The molecule has 0 unspecified atom stereocenters. The molecule has 0 radical (unpaired) electrons. The van der Waals surface area contributed by atoms with Gasteiger partial charge in [-0.1, -0.05) is 19.1 Å². The van der Waals surface area contributed by atoms with Crippen LogP contribution >= 0.6 is 0 Å². The second kappa shape index (κ2) is 10.5. The Bertz CT molecular complexity index is 896. The number of nitro groups is 1. The van der Waals surface area contributed by atoms with Crippen LogP contribution in [0.5, 0.6) is 5.75 Å². The van der Waals surface area contributed by atoms with Crippen molar-refractivity contribution in [1.82, 2.24) is 10.7 Å². The zero-order valence-corrected chi connectivity index (χ0v) is 16.1. The minimum absolute atomic E-state index is 0.00870. The molecule has 0 heterocycles. The van der Waals surface area contributed by atoms with Crippen molar-refractivity contribution in [3.05, 3.63) is 69.8 Å². The van der Waals surface area contributed by atoms with Crippen molar-refractivity contribution in [2.24, 2.45) is 5.10 Å². The number of hydrogen-bond acceptors (Lipinski definition) is 6. The third-order valence-corrected chi connectivity index (χ3v) is 4.03. The lowest BCUT2D eigenvalue weighted by Crippen LogP contribution is -2.41. The van der Waals surface area contributed by atoms with Crippen molar-refractivity contribution in [1.29, 1.82) is 0 Å². The minimum Gasteiger partial charge on any atom is -0.488 e. The van der Waals surface area contributed by atoms with Gasteiger partial charge in [-0.2, -0.15) is 5.10 Å². The van der Waals surface area contributed by atoms with Gasteiger partial charge < -0.3 is 10.1 Å². The molecule has 9 nitrogen and oxygen atoms in total. The van der Waals surface area contributed by atoms with E-state index in [1.54, 1.807) is 43.3 Å². The predicted molar refractivity (Wildman–Crippen MR) is 108 cm³/mol. The first kappa shape index (κ1) is 21.5. The molecule has 2 amide bonds. The average Bonchev–Trinajstić information content (AvgIpc) is 2.73. The number of nitrogens with one attached hydrogen (secondary N) is 2. The summed E-state index contributed by atoms with van der Waals surface area (Å²) < 4.78 is 5.74. The van der Waals surface area contributed by atoms with Crippen LogP contribution in [0.3, 0.4) is 0 Å². The molecule has 9 heteroatoms. The normalized spacial score (nSPS) is 11.7. The minimum atomic E-state index is -0.856. The van der Waals surface area contributed by atoms with Gasteiger partial charge in [0.2, 0.25) is 0 Å². The molecule has 1 atom stereocenters. The van der Waals surface area contributed by atoms with Crippen LogP contribution in [0.2, 0.25) is 0 Å². The lowest BCUT2D eigenvalue weighted by Gasteiger charge is -2.10. The Morgan fingerprint density at radius 3 is 2.52 bits per heavy atom. The summed E-state index contributed by atoms with van der Waals surface area (Å²) in [5.74, 6) is -1.10. The van der Waals surface area contributed by atoms with Crippen LogP contribution in [-0.4, -0.2) is 29.0 Å². The second-order valence-electron chi connectivity index (χ2n) is 6.23. The Labute approximate surface area is 167 Å².